The highest BCUT2D eigenvalue weighted by Crippen LogP contribution is 2.17. The van der Waals surface area contributed by atoms with Crippen LogP contribution in [0.2, 0.25) is 0 Å². The minimum Gasteiger partial charge on any atom is -0.391 e. The molecule has 6 nitrogen and oxygen atoms in total. The zero-order valence-corrected chi connectivity index (χ0v) is 14.1. The summed E-state index contributed by atoms with van der Waals surface area (Å²) >= 11 is 0. The molecule has 2 aromatic heterocycles. The third-order valence-corrected chi connectivity index (χ3v) is 4.69. The number of nitrogens with one attached hydrogen (secondary N) is 2. The lowest BCUT2D eigenvalue weighted by Crippen LogP contribution is -2.34. The summed E-state index contributed by atoms with van der Waals surface area (Å²) in [5, 5.41) is 15.9. The molecule has 0 saturated carbocycles. The number of carbonyl (C=O) groups excluding carboxylic acids is 1. The molecule has 2 aromatic rings. The SMILES string of the molecule is Cc1cc(C(=O)NCC2CNCC2O)c(C)n1Cc1ccccn1. The van der Waals surface area contributed by atoms with Crippen LogP contribution in [0.25, 0.3) is 0 Å². The Morgan fingerprint density at radius 2 is 2.25 bits per heavy atom. The first-order chi connectivity index (χ1) is 11.6. The van der Waals surface area contributed by atoms with E-state index in [4.69, 9.17) is 0 Å². The van der Waals surface area contributed by atoms with Crippen LogP contribution < -0.4 is 10.6 Å². The molecule has 3 heterocycles. The number of amides is 1. The maximum absolute atomic E-state index is 12.5. The Labute approximate surface area is 141 Å². The zero-order valence-electron chi connectivity index (χ0n) is 14.1. The highest BCUT2D eigenvalue weighted by Gasteiger charge is 2.25. The van der Waals surface area contributed by atoms with Crippen LogP contribution in [0.1, 0.15) is 27.4 Å². The summed E-state index contributed by atoms with van der Waals surface area (Å²) in [7, 11) is 0. The number of carbonyl (C=O) groups is 1. The zero-order chi connectivity index (χ0) is 17.1. The molecule has 2 atom stereocenters. The molecule has 0 aromatic carbocycles. The maximum atomic E-state index is 12.5. The van der Waals surface area contributed by atoms with Gasteiger partial charge in [-0.2, -0.15) is 0 Å². The van der Waals surface area contributed by atoms with Gasteiger partial charge in [-0.15, -0.1) is 0 Å². The van der Waals surface area contributed by atoms with Gasteiger partial charge >= 0.3 is 0 Å². The molecule has 2 unspecified atom stereocenters. The maximum Gasteiger partial charge on any atom is 0.253 e. The quantitative estimate of drug-likeness (QED) is 0.761. The van der Waals surface area contributed by atoms with Crippen molar-refractivity contribution in [2.45, 2.75) is 26.5 Å². The van der Waals surface area contributed by atoms with Gasteiger partial charge in [0, 0.05) is 43.1 Å². The molecule has 24 heavy (non-hydrogen) atoms. The number of pyridine rings is 1. The van der Waals surface area contributed by atoms with Crippen LogP contribution in [-0.4, -0.2) is 46.3 Å². The smallest absolute Gasteiger partial charge is 0.253 e. The Morgan fingerprint density at radius 1 is 1.42 bits per heavy atom. The number of hydrogen-bond donors (Lipinski definition) is 3. The number of nitrogens with zero attached hydrogens (tertiary/aromatic N) is 2. The molecule has 0 aliphatic carbocycles. The average molecular weight is 328 g/mol. The van der Waals surface area contributed by atoms with Gasteiger partial charge in [-0.3, -0.25) is 9.78 Å². The first kappa shape index (κ1) is 16.7. The number of hydrogen-bond acceptors (Lipinski definition) is 4. The number of rotatable bonds is 5. The van der Waals surface area contributed by atoms with E-state index < -0.39 is 0 Å². The number of aliphatic hydroxyl groups excluding tert-OH is 1. The van der Waals surface area contributed by atoms with E-state index in [-0.39, 0.29) is 17.9 Å². The lowest BCUT2D eigenvalue weighted by Gasteiger charge is -2.14. The Morgan fingerprint density at radius 3 is 2.92 bits per heavy atom. The molecule has 1 saturated heterocycles. The second kappa shape index (κ2) is 7.15. The van der Waals surface area contributed by atoms with Crippen LogP contribution in [0.4, 0.5) is 0 Å². The van der Waals surface area contributed by atoms with Gasteiger partial charge < -0.3 is 20.3 Å². The van der Waals surface area contributed by atoms with Gasteiger partial charge in [0.25, 0.3) is 5.91 Å². The second-order valence-corrected chi connectivity index (χ2v) is 6.39. The van der Waals surface area contributed by atoms with Gasteiger partial charge in [0.05, 0.1) is 23.9 Å². The van der Waals surface area contributed by atoms with Crippen molar-refractivity contribution in [1.29, 1.82) is 0 Å². The van der Waals surface area contributed by atoms with Crippen molar-refractivity contribution < 1.29 is 9.90 Å². The van der Waals surface area contributed by atoms with E-state index in [9.17, 15) is 9.90 Å². The fourth-order valence-corrected chi connectivity index (χ4v) is 3.17. The molecule has 0 radical (unpaired) electrons. The third kappa shape index (κ3) is 3.49. The van der Waals surface area contributed by atoms with Gasteiger partial charge in [0.1, 0.15) is 0 Å². The molecule has 128 valence electrons. The molecule has 0 spiro atoms. The van der Waals surface area contributed by atoms with E-state index in [1.165, 1.54) is 0 Å². The second-order valence-electron chi connectivity index (χ2n) is 6.39. The molecular formula is C18H24N4O2. The fraction of sp³-hybridized carbons (Fsp3) is 0.444. The minimum atomic E-state index is -0.387. The van der Waals surface area contributed by atoms with Crippen molar-refractivity contribution in [3.05, 3.63) is 53.1 Å². The predicted octanol–water partition coefficient (Wildman–Crippen LogP) is 0.858. The van der Waals surface area contributed by atoms with Crippen LogP contribution >= 0.6 is 0 Å². The monoisotopic (exact) mass is 328 g/mol. The van der Waals surface area contributed by atoms with E-state index in [0.29, 0.717) is 25.2 Å². The Kier molecular flexibility index (Phi) is 4.97. The number of aliphatic hydroxyl groups is 1. The lowest BCUT2D eigenvalue weighted by atomic mass is 10.1. The number of β-amino-alcohol motifs (C(OH)–C–C–N with tert-alkyl or cyclic N) is 1. The van der Waals surface area contributed by atoms with E-state index in [1.807, 2.05) is 38.1 Å². The lowest BCUT2D eigenvalue weighted by molar-refractivity contribution is 0.0926. The van der Waals surface area contributed by atoms with Crippen LogP contribution in [-0.2, 0) is 6.54 Å². The summed E-state index contributed by atoms with van der Waals surface area (Å²) in [6.07, 6.45) is 1.39. The van der Waals surface area contributed by atoms with Gasteiger partial charge in [0.15, 0.2) is 0 Å². The third-order valence-electron chi connectivity index (χ3n) is 4.69. The van der Waals surface area contributed by atoms with Gasteiger partial charge in [0.2, 0.25) is 0 Å². The molecule has 6 heteroatoms. The van der Waals surface area contributed by atoms with Crippen LogP contribution in [0.3, 0.4) is 0 Å². The fourth-order valence-electron chi connectivity index (χ4n) is 3.17. The molecule has 1 aliphatic rings. The van der Waals surface area contributed by atoms with Crippen molar-refractivity contribution in [1.82, 2.24) is 20.2 Å². The molecule has 3 rings (SSSR count). The first-order valence-electron chi connectivity index (χ1n) is 8.30. The molecule has 1 aliphatic heterocycles. The molecule has 1 amide bonds. The van der Waals surface area contributed by atoms with Crippen molar-refractivity contribution >= 4 is 5.91 Å². The highest BCUT2D eigenvalue weighted by molar-refractivity contribution is 5.95. The molecule has 0 bridgehead atoms. The standard InChI is InChI=1S/C18H24N4O2/c1-12-7-16(18(24)21-9-14-8-19-10-17(14)23)13(2)22(12)11-15-5-3-4-6-20-15/h3-7,14,17,19,23H,8-11H2,1-2H3,(H,21,24). The Bertz CT molecular complexity index is 711. The molecule has 1 fully saturated rings. The van der Waals surface area contributed by atoms with Crippen LogP contribution in [0.15, 0.2) is 30.5 Å². The number of aryl methyl sites for hydroxylation is 1. The summed E-state index contributed by atoms with van der Waals surface area (Å²) < 4.78 is 2.10. The van der Waals surface area contributed by atoms with Crippen molar-refractivity contribution in [2.75, 3.05) is 19.6 Å². The van der Waals surface area contributed by atoms with E-state index >= 15 is 0 Å². The Hall–Kier alpha value is -2.18. The van der Waals surface area contributed by atoms with E-state index in [0.717, 1.165) is 23.6 Å². The van der Waals surface area contributed by atoms with E-state index in [2.05, 4.69) is 20.2 Å². The average Bonchev–Trinajstić information content (AvgIpc) is 3.11. The summed E-state index contributed by atoms with van der Waals surface area (Å²) in [6.45, 7) is 6.42. The van der Waals surface area contributed by atoms with Gasteiger partial charge in [-0.25, -0.2) is 0 Å². The first-order valence-corrected chi connectivity index (χ1v) is 8.30. The Balaban J connectivity index is 1.69. The van der Waals surface area contributed by atoms with Crippen LogP contribution in [0.5, 0.6) is 0 Å². The predicted molar refractivity (Wildman–Crippen MR) is 91.9 cm³/mol. The molecular weight excluding hydrogens is 304 g/mol. The summed E-state index contributed by atoms with van der Waals surface area (Å²) in [6, 6.07) is 7.75. The minimum absolute atomic E-state index is 0.0750. The normalized spacial score (nSPS) is 20.3. The van der Waals surface area contributed by atoms with Gasteiger partial charge in [-0.05, 0) is 32.0 Å². The summed E-state index contributed by atoms with van der Waals surface area (Å²) in [5.74, 6) is -0.0135. The topological polar surface area (TPSA) is 79.2 Å². The molecule has 3 N–H and O–H groups in total. The van der Waals surface area contributed by atoms with Crippen molar-refractivity contribution in [3.63, 3.8) is 0 Å². The van der Waals surface area contributed by atoms with E-state index in [1.54, 1.807) is 6.20 Å². The summed E-state index contributed by atoms with van der Waals surface area (Å²) in [4.78, 5) is 16.9. The number of aromatic nitrogens is 2. The largest absolute Gasteiger partial charge is 0.391 e. The highest BCUT2D eigenvalue weighted by atomic mass is 16.3. The van der Waals surface area contributed by atoms with Crippen LogP contribution in [0, 0.1) is 19.8 Å². The van der Waals surface area contributed by atoms with Crippen molar-refractivity contribution in [3.8, 4) is 0 Å². The van der Waals surface area contributed by atoms with Gasteiger partial charge in [-0.1, -0.05) is 6.07 Å². The summed E-state index contributed by atoms with van der Waals surface area (Å²) in [5.41, 5.74) is 3.61. The van der Waals surface area contributed by atoms with Crippen molar-refractivity contribution in [2.24, 2.45) is 5.92 Å².